The second-order valence-corrected chi connectivity index (χ2v) is 6.90. The van der Waals surface area contributed by atoms with E-state index >= 15 is 0 Å². The minimum absolute atomic E-state index is 0.0607. The van der Waals surface area contributed by atoms with E-state index in [9.17, 15) is 19.1 Å². The molecule has 0 bridgehead atoms. The standard InChI is InChI=1S/C22H21FN2O4/c1-13(2)20-19(25-22(29-20)14-8-4-3-5-9-14)21(28)24-17(12-18(26)27)15-10-6-7-11-16(15)23/h3-11,13,17H,12H2,1-2H3,(H,24,28)(H,26,27). The molecule has 3 rings (SSSR count). The van der Waals surface area contributed by atoms with Crippen molar-refractivity contribution in [2.75, 3.05) is 0 Å². The normalized spacial score (nSPS) is 12.0. The van der Waals surface area contributed by atoms with Crippen molar-refractivity contribution in [3.05, 3.63) is 77.4 Å². The molecule has 29 heavy (non-hydrogen) atoms. The highest BCUT2D eigenvalue weighted by Gasteiger charge is 2.27. The van der Waals surface area contributed by atoms with E-state index in [2.05, 4.69) is 10.3 Å². The molecule has 1 amide bonds. The summed E-state index contributed by atoms with van der Waals surface area (Å²) < 4.78 is 20.0. The summed E-state index contributed by atoms with van der Waals surface area (Å²) in [6, 6.07) is 13.8. The van der Waals surface area contributed by atoms with E-state index in [0.29, 0.717) is 17.2 Å². The number of aromatic nitrogens is 1. The number of halogens is 1. The van der Waals surface area contributed by atoms with Crippen LogP contribution in [0.15, 0.2) is 59.0 Å². The van der Waals surface area contributed by atoms with Crippen LogP contribution >= 0.6 is 0 Å². The first-order valence-electron chi connectivity index (χ1n) is 9.20. The van der Waals surface area contributed by atoms with E-state index in [4.69, 9.17) is 4.42 Å². The largest absolute Gasteiger partial charge is 0.481 e. The Morgan fingerprint density at radius 3 is 2.38 bits per heavy atom. The van der Waals surface area contributed by atoms with Crippen LogP contribution in [-0.4, -0.2) is 22.0 Å². The van der Waals surface area contributed by atoms with Gasteiger partial charge in [-0.15, -0.1) is 0 Å². The van der Waals surface area contributed by atoms with Gasteiger partial charge in [0.15, 0.2) is 5.69 Å². The molecule has 0 saturated carbocycles. The number of carboxylic acid groups (broad SMARTS) is 1. The Bertz CT molecular complexity index is 1010. The Morgan fingerprint density at radius 1 is 1.10 bits per heavy atom. The molecular formula is C22H21FN2O4. The molecule has 1 aromatic heterocycles. The van der Waals surface area contributed by atoms with Gasteiger partial charge in [0.05, 0.1) is 12.5 Å². The lowest BCUT2D eigenvalue weighted by Crippen LogP contribution is -2.31. The number of carbonyl (C=O) groups excluding carboxylic acids is 1. The first-order chi connectivity index (χ1) is 13.9. The van der Waals surface area contributed by atoms with Crippen molar-refractivity contribution in [1.29, 1.82) is 0 Å². The summed E-state index contributed by atoms with van der Waals surface area (Å²) in [5.41, 5.74) is 0.872. The maximum absolute atomic E-state index is 14.2. The predicted molar refractivity (Wildman–Crippen MR) is 105 cm³/mol. The zero-order valence-corrected chi connectivity index (χ0v) is 16.1. The number of hydrogen-bond donors (Lipinski definition) is 2. The average molecular weight is 396 g/mol. The fourth-order valence-electron chi connectivity index (χ4n) is 2.99. The quantitative estimate of drug-likeness (QED) is 0.611. The first kappa shape index (κ1) is 20.3. The number of benzene rings is 2. The van der Waals surface area contributed by atoms with Crippen LogP contribution in [0.3, 0.4) is 0 Å². The van der Waals surface area contributed by atoms with Crippen molar-refractivity contribution in [3.8, 4) is 11.5 Å². The lowest BCUT2D eigenvalue weighted by Gasteiger charge is -2.18. The van der Waals surface area contributed by atoms with Gasteiger partial charge in [0.2, 0.25) is 5.89 Å². The third-order valence-electron chi connectivity index (χ3n) is 4.38. The maximum atomic E-state index is 14.2. The summed E-state index contributed by atoms with van der Waals surface area (Å²) in [6.45, 7) is 3.72. The van der Waals surface area contributed by atoms with E-state index in [1.165, 1.54) is 18.2 Å². The number of carboxylic acids is 1. The van der Waals surface area contributed by atoms with Crippen molar-refractivity contribution >= 4 is 11.9 Å². The van der Waals surface area contributed by atoms with Gasteiger partial charge in [-0.25, -0.2) is 9.37 Å². The molecule has 7 heteroatoms. The Morgan fingerprint density at radius 2 is 1.76 bits per heavy atom. The monoisotopic (exact) mass is 396 g/mol. The highest BCUT2D eigenvalue weighted by molar-refractivity contribution is 5.94. The number of aliphatic carboxylic acids is 1. The number of carbonyl (C=O) groups is 2. The van der Waals surface area contributed by atoms with Crippen molar-refractivity contribution in [2.45, 2.75) is 32.2 Å². The molecule has 2 N–H and O–H groups in total. The number of amides is 1. The molecule has 0 radical (unpaired) electrons. The summed E-state index contributed by atoms with van der Waals surface area (Å²) in [7, 11) is 0. The Hall–Kier alpha value is -3.48. The van der Waals surface area contributed by atoms with Gasteiger partial charge in [-0.05, 0) is 18.2 Å². The second kappa shape index (κ2) is 8.68. The van der Waals surface area contributed by atoms with Crippen molar-refractivity contribution in [1.82, 2.24) is 10.3 Å². The summed E-state index contributed by atoms with van der Waals surface area (Å²) >= 11 is 0. The summed E-state index contributed by atoms with van der Waals surface area (Å²) in [6.07, 6.45) is -0.465. The molecule has 0 fully saturated rings. The van der Waals surface area contributed by atoms with Crippen LogP contribution in [0.1, 0.15) is 54.0 Å². The fourth-order valence-corrected chi connectivity index (χ4v) is 2.99. The number of rotatable bonds is 7. The molecule has 1 unspecified atom stereocenters. The van der Waals surface area contributed by atoms with Gasteiger partial charge in [0.25, 0.3) is 5.91 Å². The van der Waals surface area contributed by atoms with Gasteiger partial charge in [0, 0.05) is 17.0 Å². The minimum atomic E-state index is -1.16. The second-order valence-electron chi connectivity index (χ2n) is 6.90. The predicted octanol–water partition coefficient (Wildman–Crippen LogP) is 4.55. The van der Waals surface area contributed by atoms with Gasteiger partial charge in [-0.2, -0.15) is 0 Å². The molecule has 0 saturated heterocycles. The summed E-state index contributed by atoms with van der Waals surface area (Å²) in [5.74, 6) is -1.83. The van der Waals surface area contributed by atoms with Gasteiger partial charge in [-0.3, -0.25) is 9.59 Å². The molecule has 0 spiro atoms. The van der Waals surface area contributed by atoms with E-state index < -0.39 is 30.2 Å². The smallest absolute Gasteiger partial charge is 0.305 e. The molecule has 1 heterocycles. The van der Waals surface area contributed by atoms with Gasteiger partial charge < -0.3 is 14.8 Å². The molecule has 150 valence electrons. The highest BCUT2D eigenvalue weighted by atomic mass is 19.1. The van der Waals surface area contributed by atoms with Gasteiger partial charge in [0.1, 0.15) is 11.6 Å². The van der Waals surface area contributed by atoms with Crippen LogP contribution in [0.4, 0.5) is 4.39 Å². The molecule has 6 nitrogen and oxygen atoms in total. The van der Waals surface area contributed by atoms with Crippen LogP contribution in [0.25, 0.3) is 11.5 Å². The van der Waals surface area contributed by atoms with E-state index in [1.807, 2.05) is 44.2 Å². The molecular weight excluding hydrogens is 375 g/mol. The minimum Gasteiger partial charge on any atom is -0.481 e. The van der Waals surface area contributed by atoms with Crippen LogP contribution in [0.5, 0.6) is 0 Å². The summed E-state index contributed by atoms with van der Waals surface area (Å²) in [4.78, 5) is 28.5. The molecule has 2 aromatic carbocycles. The van der Waals surface area contributed by atoms with Crippen LogP contribution in [-0.2, 0) is 4.79 Å². The third-order valence-corrected chi connectivity index (χ3v) is 4.38. The maximum Gasteiger partial charge on any atom is 0.305 e. The number of oxazole rings is 1. The zero-order chi connectivity index (χ0) is 21.0. The Labute approximate surface area is 167 Å². The third kappa shape index (κ3) is 4.68. The lowest BCUT2D eigenvalue weighted by molar-refractivity contribution is -0.137. The van der Waals surface area contributed by atoms with E-state index in [-0.39, 0.29) is 17.2 Å². The van der Waals surface area contributed by atoms with Crippen molar-refractivity contribution in [2.24, 2.45) is 0 Å². The number of nitrogens with one attached hydrogen (secondary N) is 1. The van der Waals surface area contributed by atoms with Gasteiger partial charge in [-0.1, -0.05) is 50.2 Å². The lowest BCUT2D eigenvalue weighted by atomic mass is 10.0. The molecule has 1 atom stereocenters. The molecule has 0 aliphatic carbocycles. The number of nitrogens with zero attached hydrogens (tertiary/aromatic N) is 1. The van der Waals surface area contributed by atoms with E-state index in [0.717, 1.165) is 0 Å². The van der Waals surface area contributed by atoms with E-state index in [1.54, 1.807) is 6.07 Å². The molecule has 0 aliphatic rings. The molecule has 3 aromatic rings. The SMILES string of the molecule is CC(C)c1oc(-c2ccccc2)nc1C(=O)NC(CC(=O)O)c1ccccc1F. The van der Waals surface area contributed by atoms with Crippen LogP contribution in [0.2, 0.25) is 0 Å². The summed E-state index contributed by atoms with van der Waals surface area (Å²) in [5, 5.41) is 11.8. The fraction of sp³-hybridized carbons (Fsp3) is 0.227. The Kier molecular flexibility index (Phi) is 6.07. The van der Waals surface area contributed by atoms with Crippen molar-refractivity contribution < 1.29 is 23.5 Å². The average Bonchev–Trinajstić information content (AvgIpc) is 3.14. The first-order valence-corrected chi connectivity index (χ1v) is 9.20. The Balaban J connectivity index is 1.95. The van der Waals surface area contributed by atoms with Gasteiger partial charge >= 0.3 is 5.97 Å². The molecule has 0 aliphatic heterocycles. The van der Waals surface area contributed by atoms with Crippen LogP contribution < -0.4 is 5.32 Å². The number of hydrogen-bond acceptors (Lipinski definition) is 4. The van der Waals surface area contributed by atoms with Crippen molar-refractivity contribution in [3.63, 3.8) is 0 Å². The van der Waals surface area contributed by atoms with Crippen LogP contribution in [0, 0.1) is 5.82 Å². The zero-order valence-electron chi connectivity index (χ0n) is 16.1. The topological polar surface area (TPSA) is 92.4 Å². The highest BCUT2D eigenvalue weighted by Crippen LogP contribution is 2.28.